The van der Waals surface area contributed by atoms with Gasteiger partial charge in [0.05, 0.1) is 13.2 Å². The number of aromatic nitrogens is 1. The lowest BCUT2D eigenvalue weighted by molar-refractivity contribution is -0.129. The van der Waals surface area contributed by atoms with E-state index in [-0.39, 0.29) is 25.0 Å². The van der Waals surface area contributed by atoms with Crippen LogP contribution in [0.5, 0.6) is 0 Å². The molecule has 3 N–H and O–H groups in total. The van der Waals surface area contributed by atoms with Gasteiger partial charge in [-0.15, -0.1) is 0 Å². The smallest absolute Gasteiger partial charge is 0.246 e. The highest BCUT2D eigenvalue weighted by Crippen LogP contribution is 2.13. The number of hydrogen-bond acceptors (Lipinski definition) is 5. The molecule has 0 saturated carbocycles. The number of nitrogens with zero attached hydrogens (tertiary/aromatic N) is 2. The molecule has 2 amide bonds. The Labute approximate surface area is 153 Å². The van der Waals surface area contributed by atoms with E-state index in [9.17, 15) is 14.7 Å². The van der Waals surface area contributed by atoms with Gasteiger partial charge in [-0.3, -0.25) is 19.5 Å². The Morgan fingerprint density at radius 3 is 2.58 bits per heavy atom. The van der Waals surface area contributed by atoms with Crippen molar-refractivity contribution in [1.82, 2.24) is 20.5 Å². The third-order valence-corrected chi connectivity index (χ3v) is 3.86. The van der Waals surface area contributed by atoms with Crippen LogP contribution in [0.1, 0.15) is 17.2 Å². The number of aliphatic hydroxyl groups excluding tert-OH is 1. The number of rotatable bonds is 9. The molecular formula is C19H24N4O3. The largest absolute Gasteiger partial charge is 0.395 e. The molecule has 1 aromatic heterocycles. The van der Waals surface area contributed by atoms with E-state index >= 15 is 0 Å². The van der Waals surface area contributed by atoms with Crippen molar-refractivity contribution < 1.29 is 14.7 Å². The molecule has 1 atom stereocenters. The second kappa shape index (κ2) is 10.3. The summed E-state index contributed by atoms with van der Waals surface area (Å²) in [6, 6.07) is 12.0. The number of likely N-dealkylation sites (N-methyl/N-ethyl adjacent to an activating group) is 1. The SMILES string of the molecule is CNC(=O)[C@H](NC(=O)CN(CCO)Cc1cccnc1)c1ccccc1. The minimum atomic E-state index is -0.761. The Bertz CT molecular complexity index is 694. The zero-order chi connectivity index (χ0) is 18.8. The highest BCUT2D eigenvalue weighted by molar-refractivity contribution is 5.89. The van der Waals surface area contributed by atoms with E-state index in [1.54, 1.807) is 29.4 Å². The van der Waals surface area contributed by atoms with E-state index < -0.39 is 6.04 Å². The molecule has 1 aromatic carbocycles. The van der Waals surface area contributed by atoms with Gasteiger partial charge in [-0.1, -0.05) is 36.4 Å². The molecule has 26 heavy (non-hydrogen) atoms. The Hall–Kier alpha value is -2.77. The van der Waals surface area contributed by atoms with Gasteiger partial charge in [-0.05, 0) is 17.2 Å². The summed E-state index contributed by atoms with van der Waals surface area (Å²) in [5, 5.41) is 14.6. The van der Waals surface area contributed by atoms with Gasteiger partial charge in [-0.25, -0.2) is 0 Å². The van der Waals surface area contributed by atoms with Crippen LogP contribution in [-0.2, 0) is 16.1 Å². The standard InChI is InChI=1S/C19H24N4O3/c1-20-19(26)18(16-7-3-2-4-8-16)22-17(25)14-23(10-11-24)13-15-6-5-9-21-12-15/h2-9,12,18,24H,10-11,13-14H2,1H3,(H,20,26)(H,22,25)/t18-/m1/s1. The molecule has 0 aliphatic rings. The van der Waals surface area contributed by atoms with Gasteiger partial charge in [0.2, 0.25) is 11.8 Å². The summed E-state index contributed by atoms with van der Waals surface area (Å²) in [5.41, 5.74) is 1.65. The highest BCUT2D eigenvalue weighted by atomic mass is 16.3. The predicted molar refractivity (Wildman–Crippen MR) is 98.0 cm³/mol. The number of pyridine rings is 1. The maximum Gasteiger partial charge on any atom is 0.246 e. The molecule has 0 saturated heterocycles. The minimum Gasteiger partial charge on any atom is -0.395 e. The Morgan fingerprint density at radius 1 is 1.19 bits per heavy atom. The Balaban J connectivity index is 2.03. The van der Waals surface area contributed by atoms with Gasteiger partial charge in [0, 0.05) is 32.5 Å². The number of hydrogen-bond donors (Lipinski definition) is 3. The summed E-state index contributed by atoms with van der Waals surface area (Å²) in [6.45, 7) is 0.830. The van der Waals surface area contributed by atoms with Crippen LogP contribution in [0.2, 0.25) is 0 Å². The van der Waals surface area contributed by atoms with Crippen molar-refractivity contribution in [1.29, 1.82) is 0 Å². The number of benzene rings is 1. The van der Waals surface area contributed by atoms with Crippen LogP contribution in [0.15, 0.2) is 54.9 Å². The number of amides is 2. The molecule has 0 aliphatic carbocycles. The summed E-state index contributed by atoms with van der Waals surface area (Å²) in [6.07, 6.45) is 3.40. The molecule has 7 nitrogen and oxygen atoms in total. The van der Waals surface area contributed by atoms with E-state index in [0.29, 0.717) is 18.7 Å². The van der Waals surface area contributed by atoms with Crippen LogP contribution < -0.4 is 10.6 Å². The first-order chi connectivity index (χ1) is 12.6. The normalized spacial score (nSPS) is 11.8. The molecule has 7 heteroatoms. The van der Waals surface area contributed by atoms with Crippen LogP contribution in [0.25, 0.3) is 0 Å². The van der Waals surface area contributed by atoms with Crippen molar-refractivity contribution in [2.45, 2.75) is 12.6 Å². The van der Waals surface area contributed by atoms with Gasteiger partial charge in [0.1, 0.15) is 6.04 Å². The van der Waals surface area contributed by atoms with E-state index in [1.807, 2.05) is 30.3 Å². The summed E-state index contributed by atoms with van der Waals surface area (Å²) >= 11 is 0. The van der Waals surface area contributed by atoms with Gasteiger partial charge in [-0.2, -0.15) is 0 Å². The summed E-state index contributed by atoms with van der Waals surface area (Å²) in [7, 11) is 1.53. The minimum absolute atomic E-state index is 0.0644. The van der Waals surface area contributed by atoms with Crippen LogP contribution in [0.3, 0.4) is 0 Å². The Morgan fingerprint density at radius 2 is 1.96 bits per heavy atom. The second-order valence-corrected chi connectivity index (χ2v) is 5.82. The molecular weight excluding hydrogens is 332 g/mol. The van der Waals surface area contributed by atoms with Crippen molar-refractivity contribution in [3.05, 3.63) is 66.0 Å². The van der Waals surface area contributed by atoms with Crippen molar-refractivity contribution in [2.24, 2.45) is 0 Å². The van der Waals surface area contributed by atoms with E-state index in [1.165, 1.54) is 7.05 Å². The zero-order valence-electron chi connectivity index (χ0n) is 14.8. The quantitative estimate of drug-likeness (QED) is 0.608. The topological polar surface area (TPSA) is 94.6 Å². The first-order valence-electron chi connectivity index (χ1n) is 8.42. The first kappa shape index (κ1) is 19.6. The number of nitrogens with one attached hydrogen (secondary N) is 2. The lowest BCUT2D eigenvalue weighted by Gasteiger charge is -2.23. The molecule has 0 unspecified atom stereocenters. The fraction of sp³-hybridized carbons (Fsp3) is 0.316. The van der Waals surface area contributed by atoms with Crippen LogP contribution in [-0.4, -0.2) is 53.5 Å². The fourth-order valence-corrected chi connectivity index (χ4v) is 2.61. The molecule has 2 rings (SSSR count). The zero-order valence-corrected chi connectivity index (χ0v) is 14.8. The molecule has 0 fully saturated rings. The summed E-state index contributed by atoms with van der Waals surface area (Å²) < 4.78 is 0. The number of aliphatic hydroxyl groups is 1. The highest BCUT2D eigenvalue weighted by Gasteiger charge is 2.22. The summed E-state index contributed by atoms with van der Waals surface area (Å²) in [4.78, 5) is 30.5. The van der Waals surface area contributed by atoms with Gasteiger partial charge >= 0.3 is 0 Å². The van der Waals surface area contributed by atoms with E-state index in [2.05, 4.69) is 15.6 Å². The molecule has 138 valence electrons. The van der Waals surface area contributed by atoms with Crippen LogP contribution in [0, 0.1) is 0 Å². The van der Waals surface area contributed by atoms with Gasteiger partial charge in [0.25, 0.3) is 0 Å². The molecule has 0 aliphatic heterocycles. The van der Waals surface area contributed by atoms with Crippen molar-refractivity contribution in [3.8, 4) is 0 Å². The van der Waals surface area contributed by atoms with Crippen molar-refractivity contribution in [3.63, 3.8) is 0 Å². The molecule has 0 radical (unpaired) electrons. The maximum absolute atomic E-state index is 12.5. The molecule has 0 bridgehead atoms. The van der Waals surface area contributed by atoms with Gasteiger partial charge in [0.15, 0.2) is 0 Å². The fourth-order valence-electron chi connectivity index (χ4n) is 2.61. The lowest BCUT2D eigenvalue weighted by Crippen LogP contribution is -2.44. The molecule has 0 spiro atoms. The molecule has 2 aromatic rings. The number of carbonyl (C=O) groups excluding carboxylic acids is 2. The third-order valence-electron chi connectivity index (χ3n) is 3.86. The van der Waals surface area contributed by atoms with Crippen LogP contribution >= 0.6 is 0 Å². The predicted octanol–water partition coefficient (Wildman–Crippen LogP) is 0.479. The third kappa shape index (κ3) is 5.94. The molecule has 1 heterocycles. The average Bonchev–Trinajstić information content (AvgIpc) is 2.67. The monoisotopic (exact) mass is 356 g/mol. The lowest BCUT2D eigenvalue weighted by atomic mass is 10.1. The average molecular weight is 356 g/mol. The van der Waals surface area contributed by atoms with Crippen molar-refractivity contribution >= 4 is 11.8 Å². The van der Waals surface area contributed by atoms with E-state index in [0.717, 1.165) is 5.56 Å². The maximum atomic E-state index is 12.5. The van der Waals surface area contributed by atoms with E-state index in [4.69, 9.17) is 0 Å². The summed E-state index contributed by atoms with van der Waals surface area (Å²) in [5.74, 6) is -0.578. The van der Waals surface area contributed by atoms with Crippen LogP contribution in [0.4, 0.5) is 0 Å². The second-order valence-electron chi connectivity index (χ2n) is 5.82. The van der Waals surface area contributed by atoms with Gasteiger partial charge < -0.3 is 15.7 Å². The van der Waals surface area contributed by atoms with Crippen molar-refractivity contribution in [2.75, 3.05) is 26.7 Å². The first-order valence-corrected chi connectivity index (χ1v) is 8.42. The Kier molecular flexibility index (Phi) is 7.73. The number of carbonyl (C=O) groups is 2.